The molecule has 2 aromatic rings. The van der Waals surface area contributed by atoms with E-state index in [1.54, 1.807) is 28.7 Å². The first kappa shape index (κ1) is 15.9. The fourth-order valence-corrected chi connectivity index (χ4v) is 4.57. The monoisotopic (exact) mass is 359 g/mol. The van der Waals surface area contributed by atoms with Gasteiger partial charge in [-0.05, 0) is 54.6 Å². The van der Waals surface area contributed by atoms with Crippen LogP contribution in [-0.2, 0) is 17.6 Å². The Kier molecular flexibility index (Phi) is 4.86. The fourth-order valence-electron chi connectivity index (χ4n) is 2.44. The van der Waals surface area contributed by atoms with Crippen molar-refractivity contribution >= 4 is 57.0 Å². The maximum absolute atomic E-state index is 11.9. The Hall–Kier alpha value is -2.01. The van der Waals surface area contributed by atoms with Gasteiger partial charge in [0.25, 0.3) is 0 Å². The minimum atomic E-state index is -0.293. The zero-order chi connectivity index (χ0) is 16.2. The summed E-state index contributed by atoms with van der Waals surface area (Å²) < 4.78 is 0. The molecule has 7 heteroatoms. The van der Waals surface area contributed by atoms with E-state index in [9.17, 15) is 10.1 Å². The summed E-state index contributed by atoms with van der Waals surface area (Å²) in [7, 11) is 0. The number of amides is 1. The largest absolute Gasteiger partial charge is 0.323 e. The highest BCUT2D eigenvalue weighted by molar-refractivity contribution is 7.80. The summed E-state index contributed by atoms with van der Waals surface area (Å²) in [6.07, 6.45) is 6.24. The van der Waals surface area contributed by atoms with Crippen molar-refractivity contribution in [1.29, 1.82) is 5.26 Å². The van der Waals surface area contributed by atoms with Crippen molar-refractivity contribution in [3.8, 4) is 6.07 Å². The van der Waals surface area contributed by atoms with Gasteiger partial charge in [-0.15, -0.1) is 22.7 Å². The SMILES string of the molecule is N#Cc1c(NC(=S)NC(=O)C=Cc2cccs2)sc2c1CCC2. The Labute approximate surface area is 147 Å². The number of fused-ring (bicyclic) bond motifs is 1. The number of rotatable bonds is 3. The number of carbonyl (C=O) groups excluding carboxylic acids is 1. The maximum atomic E-state index is 11.9. The Bertz CT molecular complexity index is 812. The molecule has 1 aliphatic rings. The summed E-state index contributed by atoms with van der Waals surface area (Å²) >= 11 is 8.27. The van der Waals surface area contributed by atoms with Gasteiger partial charge in [0.1, 0.15) is 11.1 Å². The average Bonchev–Trinajstić information content (AvgIpc) is 3.21. The van der Waals surface area contributed by atoms with Gasteiger partial charge in [-0.1, -0.05) is 6.07 Å². The minimum Gasteiger partial charge on any atom is -0.323 e. The van der Waals surface area contributed by atoms with E-state index >= 15 is 0 Å². The summed E-state index contributed by atoms with van der Waals surface area (Å²) in [4.78, 5) is 14.1. The van der Waals surface area contributed by atoms with E-state index in [1.165, 1.54) is 11.0 Å². The highest BCUT2D eigenvalue weighted by atomic mass is 32.1. The second kappa shape index (κ2) is 7.04. The summed E-state index contributed by atoms with van der Waals surface area (Å²) in [5.41, 5.74) is 1.79. The zero-order valence-corrected chi connectivity index (χ0v) is 14.5. The van der Waals surface area contributed by atoms with Crippen molar-refractivity contribution in [2.75, 3.05) is 5.32 Å². The highest BCUT2D eigenvalue weighted by Gasteiger charge is 2.22. The molecular weight excluding hydrogens is 346 g/mol. The molecule has 1 aliphatic carbocycles. The van der Waals surface area contributed by atoms with Crippen molar-refractivity contribution < 1.29 is 4.79 Å². The number of nitrogens with one attached hydrogen (secondary N) is 2. The van der Waals surface area contributed by atoms with Crippen LogP contribution in [0, 0.1) is 11.3 Å². The van der Waals surface area contributed by atoms with Gasteiger partial charge in [0.05, 0.1) is 5.56 Å². The third-order valence-corrected chi connectivity index (χ3v) is 5.69. The van der Waals surface area contributed by atoms with Gasteiger partial charge in [0.15, 0.2) is 5.11 Å². The van der Waals surface area contributed by atoms with Gasteiger partial charge in [-0.3, -0.25) is 10.1 Å². The first-order valence-corrected chi connectivity index (χ1v) is 9.16. The van der Waals surface area contributed by atoms with Crippen molar-refractivity contribution in [2.45, 2.75) is 19.3 Å². The number of nitrogens with zero attached hydrogens (tertiary/aromatic N) is 1. The number of nitriles is 1. The van der Waals surface area contributed by atoms with E-state index in [2.05, 4.69) is 16.7 Å². The van der Waals surface area contributed by atoms with E-state index in [0.29, 0.717) is 5.56 Å². The number of carbonyl (C=O) groups is 1. The quantitative estimate of drug-likeness (QED) is 0.648. The van der Waals surface area contributed by atoms with Crippen molar-refractivity contribution in [2.24, 2.45) is 0 Å². The van der Waals surface area contributed by atoms with Crippen molar-refractivity contribution in [3.63, 3.8) is 0 Å². The van der Waals surface area contributed by atoms with Gasteiger partial charge in [-0.25, -0.2) is 0 Å². The van der Waals surface area contributed by atoms with Gasteiger partial charge < -0.3 is 5.32 Å². The van der Waals surface area contributed by atoms with Crippen LogP contribution in [0.3, 0.4) is 0 Å². The lowest BCUT2D eigenvalue weighted by Gasteiger charge is -2.06. The summed E-state index contributed by atoms with van der Waals surface area (Å²) in [6.45, 7) is 0. The van der Waals surface area contributed by atoms with Crippen LogP contribution in [0.15, 0.2) is 23.6 Å². The molecule has 0 aromatic carbocycles. The lowest BCUT2D eigenvalue weighted by Crippen LogP contribution is -2.32. The summed E-state index contributed by atoms with van der Waals surface area (Å²) in [5, 5.41) is 17.8. The molecule has 0 saturated carbocycles. The predicted octanol–water partition coefficient (Wildman–Crippen LogP) is 3.70. The van der Waals surface area contributed by atoms with E-state index in [1.807, 2.05) is 17.5 Å². The minimum absolute atomic E-state index is 0.210. The zero-order valence-electron chi connectivity index (χ0n) is 12.1. The number of thiocarbonyl (C=S) groups is 1. The third-order valence-electron chi connectivity index (χ3n) is 3.44. The molecule has 0 radical (unpaired) electrons. The van der Waals surface area contributed by atoms with E-state index < -0.39 is 0 Å². The Morgan fingerprint density at radius 1 is 1.43 bits per heavy atom. The van der Waals surface area contributed by atoms with Crippen molar-refractivity contribution in [1.82, 2.24) is 5.32 Å². The van der Waals surface area contributed by atoms with E-state index in [4.69, 9.17) is 12.2 Å². The summed E-state index contributed by atoms with van der Waals surface area (Å²) in [5.74, 6) is -0.293. The molecule has 116 valence electrons. The number of thiophene rings is 2. The molecule has 23 heavy (non-hydrogen) atoms. The highest BCUT2D eigenvalue weighted by Crippen LogP contribution is 2.38. The molecule has 0 atom stereocenters. The molecule has 2 N–H and O–H groups in total. The van der Waals surface area contributed by atoms with Gasteiger partial charge in [0.2, 0.25) is 5.91 Å². The number of aryl methyl sites for hydroxylation is 1. The topological polar surface area (TPSA) is 64.9 Å². The standard InChI is InChI=1S/C16H13N3OS3/c17-9-12-11-4-1-5-13(11)23-15(12)19-16(21)18-14(20)7-6-10-3-2-8-22-10/h2-3,6-8H,1,4-5H2,(H2,18,19,20,21). The molecule has 0 aliphatic heterocycles. The molecule has 4 nitrogen and oxygen atoms in total. The second-order valence-corrected chi connectivity index (χ2v) is 7.46. The van der Waals surface area contributed by atoms with Gasteiger partial charge in [0, 0.05) is 15.8 Å². The van der Waals surface area contributed by atoms with E-state index in [-0.39, 0.29) is 11.0 Å². The van der Waals surface area contributed by atoms with Crippen LogP contribution in [0.5, 0.6) is 0 Å². The van der Waals surface area contributed by atoms with Gasteiger partial charge >= 0.3 is 0 Å². The number of anilines is 1. The van der Waals surface area contributed by atoms with Crippen LogP contribution in [0.4, 0.5) is 5.00 Å². The Morgan fingerprint density at radius 3 is 3.04 bits per heavy atom. The van der Waals surface area contributed by atoms with Crippen LogP contribution >= 0.6 is 34.9 Å². The van der Waals surface area contributed by atoms with Crippen molar-refractivity contribution in [3.05, 3.63) is 44.5 Å². The molecule has 2 heterocycles. The molecule has 0 bridgehead atoms. The molecule has 3 rings (SSSR count). The third kappa shape index (κ3) is 3.67. The second-order valence-electron chi connectivity index (χ2n) is 4.97. The predicted molar refractivity (Wildman–Crippen MR) is 98.8 cm³/mol. The molecule has 1 amide bonds. The summed E-state index contributed by atoms with van der Waals surface area (Å²) in [6, 6.07) is 6.09. The van der Waals surface area contributed by atoms with Crippen LogP contribution in [0.2, 0.25) is 0 Å². The van der Waals surface area contributed by atoms with Gasteiger partial charge in [-0.2, -0.15) is 5.26 Å². The van der Waals surface area contributed by atoms with Crippen LogP contribution < -0.4 is 10.6 Å². The van der Waals surface area contributed by atoms with Crippen LogP contribution in [0.1, 0.15) is 27.3 Å². The van der Waals surface area contributed by atoms with Crippen LogP contribution in [0.25, 0.3) is 6.08 Å². The number of hydrogen-bond donors (Lipinski definition) is 2. The molecular formula is C16H13N3OS3. The molecule has 0 saturated heterocycles. The smallest absolute Gasteiger partial charge is 0.250 e. The normalized spacial score (nSPS) is 12.8. The van der Waals surface area contributed by atoms with Crippen LogP contribution in [-0.4, -0.2) is 11.0 Å². The fraction of sp³-hybridized carbons (Fsp3) is 0.188. The first-order chi connectivity index (χ1) is 11.2. The molecule has 0 fully saturated rings. The molecule has 0 spiro atoms. The maximum Gasteiger partial charge on any atom is 0.250 e. The molecule has 0 unspecified atom stereocenters. The Balaban J connectivity index is 1.62. The lowest BCUT2D eigenvalue weighted by atomic mass is 10.1. The lowest BCUT2D eigenvalue weighted by molar-refractivity contribution is -0.115. The van der Waals surface area contributed by atoms with E-state index in [0.717, 1.165) is 34.7 Å². The Morgan fingerprint density at radius 2 is 2.30 bits per heavy atom. The average molecular weight is 360 g/mol. The number of hydrogen-bond acceptors (Lipinski definition) is 5. The molecule has 2 aromatic heterocycles. The first-order valence-electron chi connectivity index (χ1n) is 7.05.